The Balaban J connectivity index is 3.06. The molecule has 1 aromatic rings. The average molecular weight is 205 g/mol. The van der Waals surface area contributed by atoms with Gasteiger partial charge in [0.25, 0.3) is 0 Å². The van der Waals surface area contributed by atoms with Gasteiger partial charge in [-0.05, 0) is 12.1 Å². The molecule has 0 heterocycles. The van der Waals surface area contributed by atoms with Gasteiger partial charge in [-0.15, -0.1) is 0 Å². The molecule has 15 heavy (non-hydrogen) atoms. The number of carbonyl (C=O) groups excluding carboxylic acids is 2. The van der Waals surface area contributed by atoms with Gasteiger partial charge in [0.2, 0.25) is 5.91 Å². The van der Waals surface area contributed by atoms with Gasteiger partial charge >= 0.3 is 0 Å². The lowest BCUT2D eigenvalue weighted by Gasteiger charge is -2.10. The Kier molecular flexibility index (Phi) is 3.61. The topological polar surface area (TPSA) is 46.2 Å². The van der Waals surface area contributed by atoms with E-state index in [0.29, 0.717) is 11.3 Å². The second-order valence-corrected chi connectivity index (χ2v) is 3.75. The number of rotatable bonds is 3. The van der Waals surface area contributed by atoms with Crippen molar-refractivity contribution in [3.8, 4) is 0 Å². The first-order valence-electron chi connectivity index (χ1n) is 4.93. The van der Waals surface area contributed by atoms with Crippen LogP contribution in [0.3, 0.4) is 0 Å². The first-order chi connectivity index (χ1) is 7.02. The number of ketones is 1. The quantitative estimate of drug-likeness (QED) is 0.770. The molecular formula is C12H15NO2. The number of hydrogen-bond donors (Lipinski definition) is 1. The van der Waals surface area contributed by atoms with Gasteiger partial charge in [-0.1, -0.05) is 26.0 Å². The summed E-state index contributed by atoms with van der Waals surface area (Å²) in [7, 11) is 0. The third-order valence-electron chi connectivity index (χ3n) is 2.03. The minimum atomic E-state index is -0.168. The molecule has 0 spiro atoms. The molecule has 1 N–H and O–H groups in total. The van der Waals surface area contributed by atoms with Crippen LogP contribution in [0.2, 0.25) is 0 Å². The highest BCUT2D eigenvalue weighted by Gasteiger charge is 2.14. The Morgan fingerprint density at radius 2 is 1.80 bits per heavy atom. The van der Waals surface area contributed by atoms with E-state index in [1.54, 1.807) is 24.3 Å². The molecular weight excluding hydrogens is 190 g/mol. The molecule has 0 fully saturated rings. The van der Waals surface area contributed by atoms with Crippen LogP contribution in [-0.2, 0) is 4.79 Å². The molecule has 0 atom stereocenters. The van der Waals surface area contributed by atoms with Gasteiger partial charge in [0, 0.05) is 18.4 Å². The summed E-state index contributed by atoms with van der Waals surface area (Å²) in [5.74, 6) is -0.196. The number of anilines is 1. The van der Waals surface area contributed by atoms with Gasteiger partial charge in [-0.2, -0.15) is 0 Å². The van der Waals surface area contributed by atoms with Gasteiger partial charge < -0.3 is 5.32 Å². The van der Waals surface area contributed by atoms with E-state index in [1.165, 1.54) is 6.92 Å². The van der Waals surface area contributed by atoms with Crippen LogP contribution in [0.15, 0.2) is 24.3 Å². The van der Waals surface area contributed by atoms with E-state index in [0.717, 1.165) is 0 Å². The van der Waals surface area contributed by atoms with Gasteiger partial charge in [0.1, 0.15) is 0 Å². The Morgan fingerprint density at radius 3 is 2.33 bits per heavy atom. The number of nitrogens with one attached hydrogen (secondary N) is 1. The van der Waals surface area contributed by atoms with Crippen LogP contribution in [0, 0.1) is 5.92 Å². The summed E-state index contributed by atoms with van der Waals surface area (Å²) in [6.45, 7) is 5.11. The van der Waals surface area contributed by atoms with Crippen molar-refractivity contribution in [1.82, 2.24) is 0 Å². The van der Waals surface area contributed by atoms with E-state index in [1.807, 2.05) is 13.8 Å². The van der Waals surface area contributed by atoms with Crippen molar-refractivity contribution in [2.75, 3.05) is 5.32 Å². The summed E-state index contributed by atoms with van der Waals surface area (Å²) in [5, 5.41) is 2.65. The van der Waals surface area contributed by atoms with Crippen molar-refractivity contribution in [3.63, 3.8) is 0 Å². The lowest BCUT2D eigenvalue weighted by Crippen LogP contribution is -2.14. The molecule has 1 amide bonds. The van der Waals surface area contributed by atoms with E-state index < -0.39 is 0 Å². The van der Waals surface area contributed by atoms with Crippen LogP contribution in [0.5, 0.6) is 0 Å². The molecule has 0 radical (unpaired) electrons. The molecule has 3 heteroatoms. The average Bonchev–Trinajstić information content (AvgIpc) is 2.16. The van der Waals surface area contributed by atoms with Gasteiger partial charge in [0.15, 0.2) is 5.78 Å². The van der Waals surface area contributed by atoms with Crippen molar-refractivity contribution in [2.45, 2.75) is 20.8 Å². The molecule has 3 nitrogen and oxygen atoms in total. The Morgan fingerprint density at radius 1 is 1.20 bits per heavy atom. The maximum atomic E-state index is 11.8. The molecule has 1 aromatic carbocycles. The third-order valence-corrected chi connectivity index (χ3v) is 2.03. The zero-order valence-electron chi connectivity index (χ0n) is 9.20. The fourth-order valence-corrected chi connectivity index (χ4v) is 1.31. The molecule has 0 bridgehead atoms. The van der Waals surface area contributed by atoms with Gasteiger partial charge in [-0.3, -0.25) is 9.59 Å². The summed E-state index contributed by atoms with van der Waals surface area (Å²) < 4.78 is 0. The van der Waals surface area contributed by atoms with Crippen molar-refractivity contribution in [3.05, 3.63) is 29.8 Å². The Bertz CT molecular complexity index is 383. The molecule has 0 aliphatic carbocycles. The monoisotopic (exact) mass is 205 g/mol. The minimum Gasteiger partial charge on any atom is -0.326 e. The van der Waals surface area contributed by atoms with Crippen molar-refractivity contribution < 1.29 is 9.59 Å². The maximum absolute atomic E-state index is 11.8. The van der Waals surface area contributed by atoms with Gasteiger partial charge in [-0.25, -0.2) is 0 Å². The summed E-state index contributed by atoms with van der Waals surface area (Å²) in [4.78, 5) is 22.7. The fourth-order valence-electron chi connectivity index (χ4n) is 1.31. The van der Waals surface area contributed by atoms with Crippen LogP contribution < -0.4 is 5.32 Å². The number of hydrogen-bond acceptors (Lipinski definition) is 2. The number of para-hydroxylation sites is 1. The number of Topliss-reactive ketones (excluding diaryl/α,β-unsaturated/α-hetero) is 1. The molecule has 80 valence electrons. The number of carbonyl (C=O) groups is 2. The first kappa shape index (κ1) is 11.4. The lowest BCUT2D eigenvalue weighted by molar-refractivity contribution is -0.114. The predicted molar refractivity (Wildman–Crippen MR) is 59.9 cm³/mol. The van der Waals surface area contributed by atoms with Crippen LogP contribution in [0.1, 0.15) is 31.1 Å². The van der Waals surface area contributed by atoms with E-state index in [2.05, 4.69) is 5.32 Å². The highest BCUT2D eigenvalue weighted by atomic mass is 16.1. The lowest BCUT2D eigenvalue weighted by atomic mass is 9.99. The van der Waals surface area contributed by atoms with Crippen LogP contribution in [-0.4, -0.2) is 11.7 Å². The summed E-state index contributed by atoms with van der Waals surface area (Å²) in [5.41, 5.74) is 1.16. The Labute approximate surface area is 89.5 Å². The van der Waals surface area contributed by atoms with Crippen molar-refractivity contribution in [2.24, 2.45) is 5.92 Å². The smallest absolute Gasteiger partial charge is 0.221 e. The van der Waals surface area contributed by atoms with E-state index >= 15 is 0 Å². The molecule has 0 aliphatic rings. The highest BCUT2D eigenvalue weighted by molar-refractivity contribution is 6.05. The Hall–Kier alpha value is -1.64. The van der Waals surface area contributed by atoms with E-state index in [9.17, 15) is 9.59 Å². The number of amides is 1. The molecule has 1 rings (SSSR count). The third kappa shape index (κ3) is 2.91. The van der Waals surface area contributed by atoms with Crippen molar-refractivity contribution >= 4 is 17.4 Å². The second kappa shape index (κ2) is 4.73. The normalized spacial score (nSPS) is 10.1. The predicted octanol–water partition coefficient (Wildman–Crippen LogP) is 2.48. The summed E-state index contributed by atoms with van der Waals surface area (Å²) in [6.07, 6.45) is 0. The van der Waals surface area contributed by atoms with Gasteiger partial charge in [0.05, 0.1) is 5.69 Å². The minimum absolute atomic E-state index is 0.0411. The SMILES string of the molecule is CC(=O)Nc1ccccc1C(=O)C(C)C. The number of benzene rings is 1. The van der Waals surface area contributed by atoms with E-state index in [-0.39, 0.29) is 17.6 Å². The standard InChI is InChI=1S/C12H15NO2/c1-8(2)12(15)10-6-4-5-7-11(10)13-9(3)14/h4-8H,1-3H3,(H,13,14). The zero-order valence-corrected chi connectivity index (χ0v) is 9.20. The maximum Gasteiger partial charge on any atom is 0.221 e. The second-order valence-electron chi connectivity index (χ2n) is 3.75. The summed E-state index contributed by atoms with van der Waals surface area (Å²) >= 11 is 0. The molecule has 0 aromatic heterocycles. The van der Waals surface area contributed by atoms with E-state index in [4.69, 9.17) is 0 Å². The highest BCUT2D eigenvalue weighted by Crippen LogP contribution is 2.18. The zero-order chi connectivity index (χ0) is 11.4. The van der Waals surface area contributed by atoms with Crippen molar-refractivity contribution in [1.29, 1.82) is 0 Å². The summed E-state index contributed by atoms with van der Waals surface area (Å²) in [6, 6.07) is 7.05. The largest absolute Gasteiger partial charge is 0.326 e. The molecule has 0 aliphatic heterocycles. The fraction of sp³-hybridized carbons (Fsp3) is 0.333. The molecule has 0 saturated carbocycles. The van der Waals surface area contributed by atoms with Crippen LogP contribution in [0.4, 0.5) is 5.69 Å². The molecule has 0 saturated heterocycles. The van der Waals surface area contributed by atoms with Crippen LogP contribution >= 0.6 is 0 Å². The molecule has 0 unspecified atom stereocenters. The first-order valence-corrected chi connectivity index (χ1v) is 4.93. The van der Waals surface area contributed by atoms with Crippen LogP contribution in [0.25, 0.3) is 0 Å².